The largest absolute Gasteiger partial charge is 0.328 e. The van der Waals surface area contributed by atoms with Gasteiger partial charge in [-0.1, -0.05) is 6.42 Å². The summed E-state index contributed by atoms with van der Waals surface area (Å²) in [5.74, 6) is 0.828. The Morgan fingerprint density at radius 3 is 2.74 bits per heavy atom. The molecule has 0 aliphatic heterocycles. The van der Waals surface area contributed by atoms with Crippen LogP contribution in [0.5, 0.6) is 0 Å². The summed E-state index contributed by atoms with van der Waals surface area (Å²) in [5, 5.41) is 2.92. The van der Waals surface area contributed by atoms with E-state index in [4.69, 9.17) is 5.73 Å². The van der Waals surface area contributed by atoms with Crippen molar-refractivity contribution in [2.45, 2.75) is 31.7 Å². The molecule has 2 unspecified atom stereocenters. The van der Waals surface area contributed by atoms with Gasteiger partial charge in [-0.05, 0) is 31.4 Å². The van der Waals surface area contributed by atoms with E-state index in [-0.39, 0.29) is 42.7 Å². The van der Waals surface area contributed by atoms with E-state index in [0.717, 1.165) is 31.5 Å². The van der Waals surface area contributed by atoms with Crippen molar-refractivity contribution in [3.63, 3.8) is 0 Å². The van der Waals surface area contributed by atoms with Crippen molar-refractivity contribution in [2.75, 3.05) is 5.32 Å². The first kappa shape index (κ1) is 19.4. The quantitative estimate of drug-likeness (QED) is 0.883. The number of carbonyl (C=O) groups excluding carboxylic acids is 1. The first-order valence-corrected chi connectivity index (χ1v) is 7.23. The lowest BCUT2D eigenvalue weighted by molar-refractivity contribution is -0.120. The molecule has 0 saturated heterocycles. The number of halogens is 2. The Labute approximate surface area is 147 Å². The molecule has 2 atom stereocenters. The lowest BCUT2D eigenvalue weighted by atomic mass is 9.85. The zero-order valence-electron chi connectivity index (χ0n) is 12.6. The number of imidazole rings is 1. The first-order valence-electron chi connectivity index (χ1n) is 7.23. The first-order chi connectivity index (χ1) is 10.2. The minimum absolute atomic E-state index is 0. The summed E-state index contributed by atoms with van der Waals surface area (Å²) >= 11 is 0. The summed E-state index contributed by atoms with van der Waals surface area (Å²) in [7, 11) is 0. The number of carbonyl (C=O) groups is 1. The minimum Gasteiger partial charge on any atom is -0.328 e. The van der Waals surface area contributed by atoms with Crippen LogP contribution in [0, 0.1) is 5.92 Å². The summed E-state index contributed by atoms with van der Waals surface area (Å²) in [5.41, 5.74) is 6.64. The molecule has 0 bridgehead atoms. The minimum atomic E-state index is 0. The smallest absolute Gasteiger partial charge is 0.227 e. The van der Waals surface area contributed by atoms with E-state index in [1.807, 2.05) is 22.9 Å². The van der Waals surface area contributed by atoms with E-state index in [2.05, 4.69) is 15.3 Å². The van der Waals surface area contributed by atoms with Crippen LogP contribution in [0.25, 0.3) is 5.82 Å². The summed E-state index contributed by atoms with van der Waals surface area (Å²) in [6.45, 7) is 0. The van der Waals surface area contributed by atoms with Gasteiger partial charge in [0.25, 0.3) is 0 Å². The highest BCUT2D eigenvalue weighted by atomic mass is 35.5. The van der Waals surface area contributed by atoms with Gasteiger partial charge in [-0.3, -0.25) is 9.36 Å². The van der Waals surface area contributed by atoms with E-state index in [0.29, 0.717) is 5.69 Å². The second kappa shape index (κ2) is 8.86. The Hall–Kier alpha value is -1.63. The Morgan fingerprint density at radius 1 is 1.30 bits per heavy atom. The van der Waals surface area contributed by atoms with Crippen molar-refractivity contribution >= 4 is 36.4 Å². The third-order valence-corrected chi connectivity index (χ3v) is 3.87. The van der Waals surface area contributed by atoms with Crippen molar-refractivity contribution in [3.8, 4) is 5.82 Å². The van der Waals surface area contributed by atoms with Crippen molar-refractivity contribution in [3.05, 3.63) is 37.1 Å². The number of anilines is 1. The highest BCUT2D eigenvalue weighted by Crippen LogP contribution is 2.24. The molecule has 1 aliphatic carbocycles. The fourth-order valence-corrected chi connectivity index (χ4v) is 2.72. The van der Waals surface area contributed by atoms with Gasteiger partial charge >= 0.3 is 0 Å². The van der Waals surface area contributed by atoms with Crippen molar-refractivity contribution in [2.24, 2.45) is 11.7 Å². The molecule has 3 N–H and O–H groups in total. The average Bonchev–Trinajstić information content (AvgIpc) is 3.02. The van der Waals surface area contributed by atoms with Gasteiger partial charge in [-0.15, -0.1) is 24.8 Å². The monoisotopic (exact) mass is 357 g/mol. The van der Waals surface area contributed by atoms with Crippen LogP contribution in [-0.4, -0.2) is 26.5 Å². The van der Waals surface area contributed by atoms with Crippen LogP contribution in [0.4, 0.5) is 5.69 Å². The molecule has 0 radical (unpaired) electrons. The summed E-state index contributed by atoms with van der Waals surface area (Å²) in [6, 6.07) is 3.85. The third kappa shape index (κ3) is 4.92. The molecule has 8 heteroatoms. The van der Waals surface area contributed by atoms with Crippen LogP contribution in [0.2, 0.25) is 0 Å². The Bertz CT molecular complexity index is 603. The standard InChI is InChI=1S/C15H19N5O.2ClH/c16-12-3-1-2-11(8-12)15(21)19-13-4-5-14(18-9-13)20-7-6-17-10-20;;/h4-7,9-12H,1-3,8,16H2,(H,19,21);2*1H. The Morgan fingerprint density at radius 2 is 2.13 bits per heavy atom. The van der Waals surface area contributed by atoms with Gasteiger partial charge in [0.05, 0.1) is 11.9 Å². The Balaban J connectivity index is 0.00000132. The van der Waals surface area contributed by atoms with Crippen molar-refractivity contribution in [1.82, 2.24) is 14.5 Å². The topological polar surface area (TPSA) is 85.8 Å². The molecule has 0 aromatic carbocycles. The van der Waals surface area contributed by atoms with Crippen LogP contribution in [0.3, 0.4) is 0 Å². The molecular weight excluding hydrogens is 337 g/mol. The Kier molecular flexibility index (Phi) is 7.48. The normalized spacial score (nSPS) is 20.0. The summed E-state index contributed by atoms with van der Waals surface area (Å²) in [4.78, 5) is 20.5. The van der Waals surface area contributed by atoms with E-state index in [1.165, 1.54) is 0 Å². The molecule has 2 aromatic rings. The van der Waals surface area contributed by atoms with Crippen molar-refractivity contribution < 1.29 is 4.79 Å². The lowest BCUT2D eigenvalue weighted by Crippen LogP contribution is -2.34. The highest BCUT2D eigenvalue weighted by Gasteiger charge is 2.25. The van der Waals surface area contributed by atoms with Crippen LogP contribution in [-0.2, 0) is 4.79 Å². The molecule has 2 aromatic heterocycles. The fourth-order valence-electron chi connectivity index (χ4n) is 2.72. The molecular formula is C15H21Cl2N5O. The second-order valence-corrected chi connectivity index (χ2v) is 5.49. The van der Waals surface area contributed by atoms with Gasteiger partial charge < -0.3 is 11.1 Å². The van der Waals surface area contributed by atoms with E-state index >= 15 is 0 Å². The molecule has 0 spiro atoms. The van der Waals surface area contributed by atoms with Crippen LogP contribution < -0.4 is 11.1 Å². The molecule has 3 rings (SSSR count). The molecule has 1 saturated carbocycles. The van der Waals surface area contributed by atoms with E-state index in [9.17, 15) is 4.79 Å². The zero-order chi connectivity index (χ0) is 14.7. The second-order valence-electron chi connectivity index (χ2n) is 5.49. The number of nitrogens with one attached hydrogen (secondary N) is 1. The molecule has 6 nitrogen and oxygen atoms in total. The molecule has 1 fully saturated rings. The van der Waals surface area contributed by atoms with Crippen LogP contribution in [0.15, 0.2) is 37.1 Å². The number of aromatic nitrogens is 3. The summed E-state index contributed by atoms with van der Waals surface area (Å²) in [6.07, 6.45) is 10.6. The van der Waals surface area contributed by atoms with Gasteiger partial charge in [-0.25, -0.2) is 9.97 Å². The van der Waals surface area contributed by atoms with Crippen LogP contribution >= 0.6 is 24.8 Å². The number of amides is 1. The molecule has 2 heterocycles. The predicted octanol–water partition coefficient (Wildman–Crippen LogP) is 2.57. The van der Waals surface area contributed by atoms with Gasteiger partial charge in [-0.2, -0.15) is 0 Å². The number of hydrogen-bond donors (Lipinski definition) is 2. The SMILES string of the molecule is Cl.Cl.NC1CCCC(C(=O)Nc2ccc(-n3ccnc3)nc2)C1. The number of nitrogens with zero attached hydrogens (tertiary/aromatic N) is 3. The third-order valence-electron chi connectivity index (χ3n) is 3.87. The number of hydrogen-bond acceptors (Lipinski definition) is 4. The van der Waals surface area contributed by atoms with Gasteiger partial charge in [0.15, 0.2) is 0 Å². The maximum absolute atomic E-state index is 12.2. The number of pyridine rings is 1. The van der Waals surface area contributed by atoms with Gasteiger partial charge in [0, 0.05) is 24.4 Å². The van der Waals surface area contributed by atoms with E-state index < -0.39 is 0 Å². The number of nitrogens with two attached hydrogens (primary N) is 1. The molecule has 1 aliphatic rings. The van der Waals surface area contributed by atoms with Gasteiger partial charge in [0.1, 0.15) is 12.1 Å². The van der Waals surface area contributed by atoms with Gasteiger partial charge in [0.2, 0.25) is 5.91 Å². The molecule has 1 amide bonds. The molecule has 23 heavy (non-hydrogen) atoms. The van der Waals surface area contributed by atoms with Crippen molar-refractivity contribution in [1.29, 1.82) is 0 Å². The summed E-state index contributed by atoms with van der Waals surface area (Å²) < 4.78 is 1.81. The van der Waals surface area contributed by atoms with E-state index in [1.54, 1.807) is 18.7 Å². The highest BCUT2D eigenvalue weighted by molar-refractivity contribution is 5.92. The zero-order valence-corrected chi connectivity index (χ0v) is 14.2. The van der Waals surface area contributed by atoms with Crippen LogP contribution in [0.1, 0.15) is 25.7 Å². The predicted molar refractivity (Wildman–Crippen MR) is 94.4 cm³/mol. The fraction of sp³-hybridized carbons (Fsp3) is 0.400. The maximum Gasteiger partial charge on any atom is 0.227 e. The number of rotatable bonds is 3. The average molecular weight is 358 g/mol. The molecule has 126 valence electrons. The maximum atomic E-state index is 12.2. The lowest BCUT2D eigenvalue weighted by Gasteiger charge is -2.25.